The number of aromatic nitrogens is 2. The predicted molar refractivity (Wildman–Crippen MR) is 113 cm³/mol. The molecule has 1 aromatic carbocycles. The molecule has 1 aromatic heterocycles. The number of rotatable bonds is 8. The topological polar surface area (TPSA) is 103 Å². The van der Waals surface area contributed by atoms with E-state index in [1.807, 2.05) is 36.5 Å². The van der Waals surface area contributed by atoms with Gasteiger partial charge in [-0.05, 0) is 26.8 Å². The third kappa shape index (κ3) is 4.62. The third-order valence-electron chi connectivity index (χ3n) is 5.33. The molecule has 1 aliphatic rings. The number of nitrogens with zero attached hydrogens (tertiary/aromatic N) is 4. The molecule has 1 N–H and O–H groups in total. The van der Waals surface area contributed by atoms with E-state index in [0.29, 0.717) is 31.8 Å². The standard InChI is InChI=1S/C21H29N5O4/c1-21(2,3)25-19(27)11-15(12-22-17-7-5-6-8-18(17)26(28)29)20(25)16-13-23-24(14-16)9-10-30-4/h5-8,13-15,20,22H,9-12H2,1-4H3/t15-,20+/m0/s1. The summed E-state index contributed by atoms with van der Waals surface area (Å²) < 4.78 is 6.94. The molecule has 0 radical (unpaired) electrons. The number of anilines is 1. The van der Waals surface area contributed by atoms with Crippen LogP contribution in [0, 0.1) is 16.0 Å². The Morgan fingerprint density at radius 3 is 2.73 bits per heavy atom. The van der Waals surface area contributed by atoms with E-state index in [1.165, 1.54) is 6.07 Å². The summed E-state index contributed by atoms with van der Waals surface area (Å²) in [6, 6.07) is 6.40. The van der Waals surface area contributed by atoms with Crippen LogP contribution in [0.2, 0.25) is 0 Å². The van der Waals surface area contributed by atoms with Crippen LogP contribution in [-0.2, 0) is 16.1 Å². The molecule has 0 saturated carbocycles. The minimum Gasteiger partial charge on any atom is -0.383 e. The highest BCUT2D eigenvalue weighted by molar-refractivity contribution is 5.80. The van der Waals surface area contributed by atoms with Crippen LogP contribution in [0.4, 0.5) is 11.4 Å². The van der Waals surface area contributed by atoms with Gasteiger partial charge in [-0.1, -0.05) is 12.1 Å². The van der Waals surface area contributed by atoms with Crippen molar-refractivity contribution in [3.8, 4) is 0 Å². The van der Waals surface area contributed by atoms with Gasteiger partial charge < -0.3 is 15.0 Å². The van der Waals surface area contributed by atoms with Crippen molar-refractivity contribution in [3.63, 3.8) is 0 Å². The van der Waals surface area contributed by atoms with Gasteiger partial charge in [0.15, 0.2) is 0 Å². The fourth-order valence-electron chi connectivity index (χ4n) is 4.06. The summed E-state index contributed by atoms with van der Waals surface area (Å²) in [5.74, 6) is 0.0307. The van der Waals surface area contributed by atoms with Crippen molar-refractivity contribution in [3.05, 3.63) is 52.3 Å². The summed E-state index contributed by atoms with van der Waals surface area (Å²) in [5, 5.41) is 18.9. The van der Waals surface area contributed by atoms with Gasteiger partial charge in [0.2, 0.25) is 5.91 Å². The summed E-state index contributed by atoms with van der Waals surface area (Å²) in [4.78, 5) is 25.7. The van der Waals surface area contributed by atoms with Gasteiger partial charge in [-0.2, -0.15) is 5.10 Å². The second-order valence-electron chi connectivity index (χ2n) is 8.53. The fourth-order valence-corrected chi connectivity index (χ4v) is 4.06. The van der Waals surface area contributed by atoms with Crippen molar-refractivity contribution in [1.82, 2.24) is 14.7 Å². The number of hydrogen-bond donors (Lipinski definition) is 1. The molecule has 2 aromatic rings. The first-order chi connectivity index (χ1) is 14.2. The van der Waals surface area contributed by atoms with E-state index in [1.54, 1.807) is 31.5 Å². The molecule has 1 saturated heterocycles. The van der Waals surface area contributed by atoms with Crippen LogP contribution >= 0.6 is 0 Å². The summed E-state index contributed by atoms with van der Waals surface area (Å²) in [6.07, 6.45) is 4.13. The quantitative estimate of drug-likeness (QED) is 0.524. The van der Waals surface area contributed by atoms with E-state index < -0.39 is 4.92 Å². The Morgan fingerprint density at radius 2 is 2.07 bits per heavy atom. The van der Waals surface area contributed by atoms with Gasteiger partial charge in [-0.25, -0.2) is 0 Å². The monoisotopic (exact) mass is 415 g/mol. The van der Waals surface area contributed by atoms with E-state index in [4.69, 9.17) is 4.74 Å². The molecule has 0 aliphatic carbocycles. The second kappa shape index (κ2) is 8.83. The van der Waals surface area contributed by atoms with Crippen LogP contribution in [0.1, 0.15) is 38.8 Å². The van der Waals surface area contributed by atoms with Crippen molar-refractivity contribution >= 4 is 17.3 Å². The second-order valence-corrected chi connectivity index (χ2v) is 8.53. The largest absolute Gasteiger partial charge is 0.383 e. The first kappa shape index (κ1) is 21.8. The van der Waals surface area contributed by atoms with Crippen molar-refractivity contribution in [2.45, 2.75) is 45.3 Å². The Hall–Kier alpha value is -2.94. The van der Waals surface area contributed by atoms with Gasteiger partial charge in [0.05, 0.1) is 30.3 Å². The highest BCUT2D eigenvalue weighted by Crippen LogP contribution is 2.42. The molecular weight excluding hydrogens is 386 g/mol. The van der Waals surface area contributed by atoms with Crippen molar-refractivity contribution < 1.29 is 14.5 Å². The van der Waals surface area contributed by atoms with Crippen molar-refractivity contribution in [2.24, 2.45) is 5.92 Å². The molecular formula is C21H29N5O4. The first-order valence-electron chi connectivity index (χ1n) is 10.0. The van der Waals surface area contributed by atoms with Gasteiger partial charge in [0.1, 0.15) is 5.69 Å². The fraction of sp³-hybridized carbons (Fsp3) is 0.524. The van der Waals surface area contributed by atoms with Crippen LogP contribution in [0.15, 0.2) is 36.7 Å². The summed E-state index contributed by atoms with van der Waals surface area (Å²) in [7, 11) is 1.64. The molecule has 9 nitrogen and oxygen atoms in total. The smallest absolute Gasteiger partial charge is 0.292 e. The molecule has 2 atom stereocenters. The zero-order valence-corrected chi connectivity index (χ0v) is 17.9. The normalized spacial score (nSPS) is 19.3. The molecule has 2 heterocycles. The third-order valence-corrected chi connectivity index (χ3v) is 5.33. The molecule has 3 rings (SSSR count). The molecule has 0 spiro atoms. The summed E-state index contributed by atoms with van der Waals surface area (Å²) in [6.45, 7) is 7.68. The molecule has 1 amide bonds. The number of methoxy groups -OCH3 is 1. The lowest BCUT2D eigenvalue weighted by molar-refractivity contribution is -0.384. The Kier molecular flexibility index (Phi) is 6.40. The van der Waals surface area contributed by atoms with Gasteiger partial charge in [0.25, 0.3) is 5.69 Å². The van der Waals surface area contributed by atoms with Crippen molar-refractivity contribution in [2.75, 3.05) is 25.6 Å². The number of carbonyl (C=O) groups excluding carboxylic acids is 1. The van der Waals surface area contributed by atoms with E-state index in [-0.39, 0.29) is 29.1 Å². The lowest BCUT2D eigenvalue weighted by Crippen LogP contribution is -2.44. The van der Waals surface area contributed by atoms with Gasteiger partial charge in [-0.15, -0.1) is 0 Å². The average Bonchev–Trinajstić information content (AvgIpc) is 3.28. The lowest BCUT2D eigenvalue weighted by Gasteiger charge is -2.38. The number of carbonyl (C=O) groups is 1. The van der Waals surface area contributed by atoms with E-state index in [9.17, 15) is 14.9 Å². The molecule has 0 bridgehead atoms. The zero-order chi connectivity index (χ0) is 21.9. The number of nitrogens with one attached hydrogen (secondary N) is 1. The average molecular weight is 415 g/mol. The Labute approximate surface area is 176 Å². The number of nitro groups is 1. The Bertz CT molecular complexity index is 905. The first-order valence-corrected chi connectivity index (χ1v) is 10.0. The highest BCUT2D eigenvalue weighted by atomic mass is 16.6. The van der Waals surface area contributed by atoms with Crippen molar-refractivity contribution in [1.29, 1.82) is 0 Å². The minimum absolute atomic E-state index is 0.0263. The molecule has 1 aliphatic heterocycles. The number of benzene rings is 1. The van der Waals surface area contributed by atoms with Crippen LogP contribution in [-0.4, -0.2) is 51.3 Å². The van der Waals surface area contributed by atoms with Gasteiger partial charge in [-0.3, -0.25) is 19.6 Å². The Morgan fingerprint density at radius 1 is 1.33 bits per heavy atom. The minimum atomic E-state index is -0.402. The molecule has 9 heteroatoms. The number of amides is 1. The predicted octanol–water partition coefficient (Wildman–Crippen LogP) is 3.24. The number of hydrogen-bond acceptors (Lipinski definition) is 6. The van der Waals surface area contributed by atoms with Gasteiger partial charge in [0, 0.05) is 49.4 Å². The van der Waals surface area contributed by atoms with E-state index >= 15 is 0 Å². The van der Waals surface area contributed by atoms with Gasteiger partial charge >= 0.3 is 0 Å². The van der Waals surface area contributed by atoms with Crippen LogP contribution in [0.5, 0.6) is 0 Å². The maximum Gasteiger partial charge on any atom is 0.292 e. The maximum absolute atomic E-state index is 12.9. The summed E-state index contributed by atoms with van der Waals surface area (Å²) >= 11 is 0. The number of ether oxygens (including phenoxy) is 1. The van der Waals surface area contributed by atoms with Crippen LogP contribution in [0.25, 0.3) is 0 Å². The van der Waals surface area contributed by atoms with E-state index in [0.717, 1.165) is 5.56 Å². The number of para-hydroxylation sites is 2. The van der Waals surface area contributed by atoms with Crippen LogP contribution in [0.3, 0.4) is 0 Å². The zero-order valence-electron chi connectivity index (χ0n) is 17.9. The molecule has 1 fully saturated rings. The number of likely N-dealkylation sites (tertiary alicyclic amines) is 1. The molecule has 0 unspecified atom stereocenters. The molecule has 162 valence electrons. The molecule has 30 heavy (non-hydrogen) atoms. The van der Waals surface area contributed by atoms with Crippen LogP contribution < -0.4 is 5.32 Å². The highest BCUT2D eigenvalue weighted by Gasteiger charge is 2.45. The Balaban J connectivity index is 1.86. The summed E-state index contributed by atoms with van der Waals surface area (Å²) in [5.41, 5.74) is 1.09. The maximum atomic E-state index is 12.9. The lowest BCUT2D eigenvalue weighted by atomic mass is 9.93. The SMILES string of the molecule is COCCn1cc([C@H]2[C@H](CNc3ccccc3[N+](=O)[O-])CC(=O)N2C(C)(C)C)cn1. The number of nitro benzene ring substituents is 1. The van der Waals surface area contributed by atoms with E-state index in [2.05, 4.69) is 10.4 Å².